The standard InChI is InChI=1S/C16H21FN2O3/c1-22-11-15(20)18-10-14(19-7-3-6-16(19)21)9-12-4-2-5-13(17)8-12/h2,4-5,8,14H,3,6-7,9-11H2,1H3,(H,18,20)/t14-/m0/s1. The summed E-state index contributed by atoms with van der Waals surface area (Å²) in [5.41, 5.74) is 0.811. The van der Waals surface area contributed by atoms with E-state index in [1.54, 1.807) is 11.0 Å². The number of nitrogens with zero attached hydrogens (tertiary/aromatic N) is 1. The van der Waals surface area contributed by atoms with Gasteiger partial charge < -0.3 is 15.0 Å². The number of amides is 2. The molecule has 1 aromatic rings. The quantitative estimate of drug-likeness (QED) is 0.821. The van der Waals surface area contributed by atoms with Crippen molar-refractivity contribution in [2.24, 2.45) is 0 Å². The predicted octanol–water partition coefficient (Wildman–Crippen LogP) is 1.12. The lowest BCUT2D eigenvalue weighted by Crippen LogP contribution is -2.46. The summed E-state index contributed by atoms with van der Waals surface area (Å²) in [7, 11) is 1.45. The average Bonchev–Trinajstić information content (AvgIpc) is 2.90. The predicted molar refractivity (Wildman–Crippen MR) is 79.7 cm³/mol. The van der Waals surface area contributed by atoms with Crippen LogP contribution < -0.4 is 5.32 Å². The Morgan fingerprint density at radius 1 is 1.50 bits per heavy atom. The smallest absolute Gasteiger partial charge is 0.246 e. The first-order valence-corrected chi connectivity index (χ1v) is 7.39. The van der Waals surface area contributed by atoms with Crippen LogP contribution in [0.5, 0.6) is 0 Å². The van der Waals surface area contributed by atoms with Gasteiger partial charge in [-0.1, -0.05) is 12.1 Å². The van der Waals surface area contributed by atoms with Crippen LogP contribution in [0.3, 0.4) is 0 Å². The topological polar surface area (TPSA) is 58.6 Å². The molecule has 2 rings (SSSR count). The van der Waals surface area contributed by atoms with Crippen molar-refractivity contribution >= 4 is 11.8 Å². The first-order valence-electron chi connectivity index (χ1n) is 7.39. The number of hydrogen-bond donors (Lipinski definition) is 1. The van der Waals surface area contributed by atoms with E-state index in [1.807, 2.05) is 6.07 Å². The van der Waals surface area contributed by atoms with Crippen molar-refractivity contribution in [3.05, 3.63) is 35.6 Å². The molecule has 1 heterocycles. The summed E-state index contributed by atoms with van der Waals surface area (Å²) >= 11 is 0. The highest BCUT2D eigenvalue weighted by Gasteiger charge is 2.28. The summed E-state index contributed by atoms with van der Waals surface area (Å²) in [6, 6.07) is 6.16. The first-order chi connectivity index (χ1) is 10.6. The van der Waals surface area contributed by atoms with Crippen molar-refractivity contribution in [2.75, 3.05) is 26.8 Å². The molecule has 120 valence electrons. The molecule has 0 aliphatic carbocycles. The summed E-state index contributed by atoms with van der Waals surface area (Å²) in [5.74, 6) is -0.437. The number of hydrogen-bond acceptors (Lipinski definition) is 3. The highest BCUT2D eigenvalue weighted by molar-refractivity contribution is 5.79. The summed E-state index contributed by atoms with van der Waals surface area (Å²) in [4.78, 5) is 25.3. The second-order valence-electron chi connectivity index (χ2n) is 5.42. The van der Waals surface area contributed by atoms with E-state index in [2.05, 4.69) is 5.32 Å². The van der Waals surface area contributed by atoms with Gasteiger partial charge in [0.05, 0.1) is 6.04 Å². The number of nitrogens with one attached hydrogen (secondary N) is 1. The van der Waals surface area contributed by atoms with Gasteiger partial charge in [0.2, 0.25) is 11.8 Å². The number of carbonyl (C=O) groups is 2. The molecule has 0 spiro atoms. The van der Waals surface area contributed by atoms with Gasteiger partial charge in [0.1, 0.15) is 12.4 Å². The molecule has 0 radical (unpaired) electrons. The Bertz CT molecular complexity index is 536. The molecule has 0 saturated carbocycles. The maximum Gasteiger partial charge on any atom is 0.246 e. The van der Waals surface area contributed by atoms with Gasteiger partial charge in [-0.25, -0.2) is 4.39 Å². The van der Waals surface area contributed by atoms with E-state index in [4.69, 9.17) is 4.74 Å². The van der Waals surface area contributed by atoms with Gasteiger partial charge in [0.15, 0.2) is 0 Å². The molecule has 1 aliphatic heterocycles. The molecular formula is C16H21FN2O3. The second-order valence-corrected chi connectivity index (χ2v) is 5.42. The van der Waals surface area contributed by atoms with Crippen LogP contribution >= 0.6 is 0 Å². The fourth-order valence-corrected chi connectivity index (χ4v) is 2.70. The van der Waals surface area contributed by atoms with Crippen LogP contribution in [0.15, 0.2) is 24.3 Å². The molecule has 1 aliphatic rings. The molecule has 0 unspecified atom stereocenters. The van der Waals surface area contributed by atoms with Crippen LogP contribution in [0.4, 0.5) is 4.39 Å². The van der Waals surface area contributed by atoms with Crippen molar-refractivity contribution in [1.29, 1.82) is 0 Å². The van der Waals surface area contributed by atoms with Gasteiger partial charge in [-0.05, 0) is 30.5 Å². The van der Waals surface area contributed by atoms with Crippen LogP contribution in [0.1, 0.15) is 18.4 Å². The molecular weight excluding hydrogens is 287 g/mol. The molecule has 1 atom stereocenters. The number of halogens is 1. The van der Waals surface area contributed by atoms with Crippen molar-refractivity contribution < 1.29 is 18.7 Å². The number of benzene rings is 1. The van der Waals surface area contributed by atoms with Crippen molar-refractivity contribution in [3.63, 3.8) is 0 Å². The van der Waals surface area contributed by atoms with Gasteiger partial charge in [-0.3, -0.25) is 9.59 Å². The third kappa shape index (κ3) is 4.53. The number of methoxy groups -OCH3 is 1. The summed E-state index contributed by atoms with van der Waals surface area (Å²) < 4.78 is 18.1. The molecule has 0 bridgehead atoms. The van der Waals surface area contributed by atoms with E-state index in [0.29, 0.717) is 25.9 Å². The van der Waals surface area contributed by atoms with Gasteiger partial charge in [0, 0.05) is 26.6 Å². The van der Waals surface area contributed by atoms with Gasteiger partial charge in [-0.15, -0.1) is 0 Å². The fourth-order valence-electron chi connectivity index (χ4n) is 2.70. The average molecular weight is 308 g/mol. The SMILES string of the molecule is COCC(=O)NC[C@H](Cc1cccc(F)c1)N1CCCC1=O. The Hall–Kier alpha value is -1.95. The first kappa shape index (κ1) is 16.4. The number of ether oxygens (including phenoxy) is 1. The lowest BCUT2D eigenvalue weighted by atomic mass is 10.0. The summed E-state index contributed by atoms with van der Waals surface area (Å²) in [6.07, 6.45) is 1.87. The molecule has 2 amide bonds. The summed E-state index contributed by atoms with van der Waals surface area (Å²) in [5, 5.41) is 2.76. The highest BCUT2D eigenvalue weighted by atomic mass is 19.1. The van der Waals surface area contributed by atoms with Gasteiger partial charge in [-0.2, -0.15) is 0 Å². The minimum atomic E-state index is -0.299. The number of carbonyl (C=O) groups excluding carboxylic acids is 2. The molecule has 1 aromatic carbocycles. The van der Waals surface area contributed by atoms with E-state index in [0.717, 1.165) is 12.0 Å². The zero-order chi connectivity index (χ0) is 15.9. The van der Waals surface area contributed by atoms with E-state index in [9.17, 15) is 14.0 Å². The minimum absolute atomic E-state index is 0.0133. The number of rotatable bonds is 7. The lowest BCUT2D eigenvalue weighted by Gasteiger charge is -2.28. The van der Waals surface area contributed by atoms with Crippen molar-refractivity contribution in [2.45, 2.75) is 25.3 Å². The highest BCUT2D eigenvalue weighted by Crippen LogP contribution is 2.17. The van der Waals surface area contributed by atoms with Crippen LogP contribution in [0.2, 0.25) is 0 Å². The third-order valence-electron chi connectivity index (χ3n) is 3.72. The third-order valence-corrected chi connectivity index (χ3v) is 3.72. The fraction of sp³-hybridized carbons (Fsp3) is 0.500. The Morgan fingerprint density at radius 3 is 2.95 bits per heavy atom. The van der Waals surface area contributed by atoms with E-state index < -0.39 is 0 Å². The maximum atomic E-state index is 13.3. The van der Waals surface area contributed by atoms with Crippen molar-refractivity contribution in [3.8, 4) is 0 Å². The molecule has 5 nitrogen and oxygen atoms in total. The van der Waals surface area contributed by atoms with Crippen LogP contribution in [-0.2, 0) is 20.7 Å². The maximum absolute atomic E-state index is 13.3. The molecule has 22 heavy (non-hydrogen) atoms. The lowest BCUT2D eigenvalue weighted by molar-refractivity contribution is -0.131. The molecule has 1 saturated heterocycles. The molecule has 1 fully saturated rings. The molecule has 0 aromatic heterocycles. The van der Waals surface area contributed by atoms with E-state index >= 15 is 0 Å². The largest absolute Gasteiger partial charge is 0.375 e. The van der Waals surface area contributed by atoms with Crippen LogP contribution in [0.25, 0.3) is 0 Å². The second kappa shape index (κ2) is 7.89. The van der Waals surface area contributed by atoms with E-state index in [-0.39, 0.29) is 30.3 Å². The van der Waals surface area contributed by atoms with Crippen LogP contribution in [0, 0.1) is 5.82 Å². The van der Waals surface area contributed by atoms with Crippen LogP contribution in [-0.4, -0.2) is 49.6 Å². The zero-order valence-corrected chi connectivity index (χ0v) is 12.7. The Kier molecular flexibility index (Phi) is 5.89. The summed E-state index contributed by atoms with van der Waals surface area (Å²) in [6.45, 7) is 1.00. The zero-order valence-electron chi connectivity index (χ0n) is 12.7. The molecule has 1 N–H and O–H groups in total. The van der Waals surface area contributed by atoms with Gasteiger partial charge >= 0.3 is 0 Å². The van der Waals surface area contributed by atoms with Crippen molar-refractivity contribution in [1.82, 2.24) is 10.2 Å². The number of likely N-dealkylation sites (tertiary alicyclic amines) is 1. The monoisotopic (exact) mass is 308 g/mol. The Labute approximate surface area is 129 Å². The van der Waals surface area contributed by atoms with E-state index in [1.165, 1.54) is 19.2 Å². The molecule has 6 heteroatoms. The Balaban J connectivity index is 2.04. The normalized spacial score (nSPS) is 15.9. The minimum Gasteiger partial charge on any atom is -0.375 e. The Morgan fingerprint density at radius 2 is 2.32 bits per heavy atom. The van der Waals surface area contributed by atoms with Gasteiger partial charge in [0.25, 0.3) is 0 Å².